The van der Waals surface area contributed by atoms with Crippen molar-refractivity contribution < 1.29 is 0 Å². The smallest absolute Gasteiger partial charge is 0.0794 e. The average Bonchev–Trinajstić information content (AvgIpc) is 3.15. The van der Waals surface area contributed by atoms with Crippen LogP contribution in [0.2, 0.25) is 0 Å². The molecule has 0 aliphatic heterocycles. The maximum atomic E-state index is 4.15. The van der Waals surface area contributed by atoms with Crippen LogP contribution in [0.3, 0.4) is 0 Å². The molecular weight excluding hydrogens is 268 g/mol. The lowest BCUT2D eigenvalue weighted by Gasteiger charge is -2.05. The molecule has 0 aliphatic rings. The van der Waals surface area contributed by atoms with Crippen LogP contribution in [0.4, 0.5) is 0 Å². The topological polar surface area (TPSA) is 53.6 Å². The van der Waals surface area contributed by atoms with E-state index in [-0.39, 0.29) is 0 Å². The maximum Gasteiger partial charge on any atom is 0.0794 e. The number of H-pyrrole nitrogens is 1. The number of nitrogens with one attached hydrogen (secondary N) is 2. The first-order valence-corrected chi connectivity index (χ1v) is 7.47. The van der Waals surface area contributed by atoms with Gasteiger partial charge in [-0.3, -0.25) is 10.1 Å². The van der Waals surface area contributed by atoms with Gasteiger partial charge < -0.3 is 5.32 Å². The molecule has 0 amide bonds. The molecule has 3 aromatic rings. The minimum atomic E-state index is 0.823. The Bertz CT molecular complexity index is 631. The van der Waals surface area contributed by atoms with Crippen molar-refractivity contribution >= 4 is 11.3 Å². The first-order valence-electron chi connectivity index (χ1n) is 6.59. The molecule has 5 heteroatoms. The van der Waals surface area contributed by atoms with Crippen LogP contribution < -0.4 is 5.32 Å². The van der Waals surface area contributed by atoms with E-state index in [1.165, 1.54) is 16.0 Å². The molecule has 2 N–H and O–H groups in total. The Balaban J connectivity index is 1.53. The van der Waals surface area contributed by atoms with Gasteiger partial charge in [0.2, 0.25) is 0 Å². The van der Waals surface area contributed by atoms with Gasteiger partial charge in [-0.2, -0.15) is 5.10 Å². The number of pyridine rings is 1. The van der Waals surface area contributed by atoms with Gasteiger partial charge in [-0.1, -0.05) is 12.1 Å². The Morgan fingerprint density at radius 3 is 3.00 bits per heavy atom. The summed E-state index contributed by atoms with van der Waals surface area (Å²) >= 11 is 1.72. The average molecular weight is 284 g/mol. The standard InChI is InChI=1S/C15H16N4S/c1-3-12(9-16-6-1)5-7-17-10-13-11-18-19-15(13)14-4-2-8-20-14/h1-4,6,8-9,11,17H,5,7,10H2,(H,18,19). The summed E-state index contributed by atoms with van der Waals surface area (Å²) in [6, 6.07) is 8.24. The zero-order chi connectivity index (χ0) is 13.6. The summed E-state index contributed by atoms with van der Waals surface area (Å²) in [6.45, 7) is 1.75. The molecule has 0 saturated carbocycles. The predicted octanol–water partition coefficient (Wildman–Crippen LogP) is 2.87. The predicted molar refractivity (Wildman–Crippen MR) is 81.5 cm³/mol. The molecule has 0 unspecified atom stereocenters. The number of rotatable bonds is 6. The van der Waals surface area contributed by atoms with Crippen molar-refractivity contribution in [2.45, 2.75) is 13.0 Å². The van der Waals surface area contributed by atoms with Gasteiger partial charge >= 0.3 is 0 Å². The lowest BCUT2D eigenvalue weighted by Crippen LogP contribution is -2.16. The van der Waals surface area contributed by atoms with E-state index in [0.717, 1.165) is 25.2 Å². The van der Waals surface area contributed by atoms with E-state index in [1.807, 2.05) is 18.5 Å². The van der Waals surface area contributed by atoms with Crippen molar-refractivity contribution in [3.63, 3.8) is 0 Å². The summed E-state index contributed by atoms with van der Waals surface area (Å²) in [4.78, 5) is 5.35. The molecule has 0 fully saturated rings. The summed E-state index contributed by atoms with van der Waals surface area (Å²) in [7, 11) is 0. The molecule has 0 atom stereocenters. The third-order valence-electron chi connectivity index (χ3n) is 3.11. The van der Waals surface area contributed by atoms with Gasteiger partial charge in [-0.15, -0.1) is 11.3 Å². The van der Waals surface area contributed by atoms with Crippen LogP contribution in [-0.2, 0) is 13.0 Å². The maximum absolute atomic E-state index is 4.15. The number of nitrogens with zero attached hydrogens (tertiary/aromatic N) is 2. The summed E-state index contributed by atoms with van der Waals surface area (Å²) in [5.74, 6) is 0. The fraction of sp³-hybridized carbons (Fsp3) is 0.200. The normalized spacial score (nSPS) is 10.8. The molecule has 0 spiro atoms. The van der Waals surface area contributed by atoms with Crippen molar-refractivity contribution in [2.24, 2.45) is 0 Å². The summed E-state index contributed by atoms with van der Waals surface area (Å²) in [5, 5.41) is 12.8. The van der Waals surface area contributed by atoms with Crippen LogP contribution in [0.5, 0.6) is 0 Å². The fourth-order valence-corrected chi connectivity index (χ4v) is 2.84. The van der Waals surface area contributed by atoms with Gasteiger partial charge in [0.25, 0.3) is 0 Å². The van der Waals surface area contributed by atoms with Gasteiger partial charge in [-0.25, -0.2) is 0 Å². The minimum Gasteiger partial charge on any atom is -0.312 e. The van der Waals surface area contributed by atoms with E-state index >= 15 is 0 Å². The Morgan fingerprint density at radius 1 is 1.20 bits per heavy atom. The molecule has 3 rings (SSSR count). The highest BCUT2D eigenvalue weighted by molar-refractivity contribution is 7.13. The molecular formula is C15H16N4S. The van der Waals surface area contributed by atoms with Crippen LogP contribution in [0.25, 0.3) is 10.6 Å². The molecule has 0 saturated heterocycles. The monoisotopic (exact) mass is 284 g/mol. The first kappa shape index (κ1) is 13.0. The Morgan fingerprint density at radius 2 is 2.20 bits per heavy atom. The Labute approximate surface area is 121 Å². The van der Waals surface area contributed by atoms with Crippen molar-refractivity contribution in [3.05, 3.63) is 59.4 Å². The van der Waals surface area contributed by atoms with E-state index in [9.17, 15) is 0 Å². The largest absolute Gasteiger partial charge is 0.312 e. The minimum absolute atomic E-state index is 0.823. The molecule has 3 aromatic heterocycles. The quantitative estimate of drug-likeness (QED) is 0.684. The van der Waals surface area contributed by atoms with Crippen molar-refractivity contribution in [2.75, 3.05) is 6.54 Å². The molecule has 0 bridgehead atoms. The van der Waals surface area contributed by atoms with Crippen molar-refractivity contribution in [1.29, 1.82) is 0 Å². The van der Waals surface area contributed by atoms with Crippen LogP contribution in [-0.4, -0.2) is 21.7 Å². The zero-order valence-electron chi connectivity index (χ0n) is 11.0. The van der Waals surface area contributed by atoms with Crippen LogP contribution in [0.15, 0.2) is 48.2 Å². The molecule has 0 radical (unpaired) electrons. The highest BCUT2D eigenvalue weighted by Gasteiger charge is 2.07. The molecule has 0 aliphatic carbocycles. The molecule has 102 valence electrons. The lowest BCUT2D eigenvalue weighted by atomic mass is 10.2. The molecule has 0 aromatic carbocycles. The summed E-state index contributed by atoms with van der Waals surface area (Å²) < 4.78 is 0. The van der Waals surface area contributed by atoms with Gasteiger partial charge in [0.05, 0.1) is 16.8 Å². The second-order valence-corrected chi connectivity index (χ2v) is 5.48. The second-order valence-electron chi connectivity index (χ2n) is 4.54. The lowest BCUT2D eigenvalue weighted by molar-refractivity contribution is 0.687. The van der Waals surface area contributed by atoms with E-state index in [2.05, 4.69) is 44.1 Å². The third kappa shape index (κ3) is 3.12. The highest BCUT2D eigenvalue weighted by atomic mass is 32.1. The number of aromatic nitrogens is 3. The Hall–Kier alpha value is -1.98. The van der Waals surface area contributed by atoms with E-state index in [1.54, 1.807) is 17.5 Å². The van der Waals surface area contributed by atoms with E-state index in [0.29, 0.717) is 0 Å². The van der Waals surface area contributed by atoms with Crippen LogP contribution >= 0.6 is 11.3 Å². The third-order valence-corrected chi connectivity index (χ3v) is 4.00. The SMILES string of the molecule is c1cncc(CCNCc2cn[nH]c2-c2cccs2)c1. The zero-order valence-corrected chi connectivity index (χ0v) is 11.9. The Kier molecular flexibility index (Phi) is 4.20. The van der Waals surface area contributed by atoms with Gasteiger partial charge in [0, 0.05) is 24.5 Å². The number of hydrogen-bond donors (Lipinski definition) is 2. The van der Waals surface area contributed by atoms with Gasteiger partial charge in [0.15, 0.2) is 0 Å². The van der Waals surface area contributed by atoms with E-state index < -0.39 is 0 Å². The van der Waals surface area contributed by atoms with Crippen molar-refractivity contribution in [1.82, 2.24) is 20.5 Å². The van der Waals surface area contributed by atoms with Crippen LogP contribution in [0.1, 0.15) is 11.1 Å². The first-order chi connectivity index (χ1) is 9.93. The molecule has 20 heavy (non-hydrogen) atoms. The molecule has 4 nitrogen and oxygen atoms in total. The number of hydrogen-bond acceptors (Lipinski definition) is 4. The highest BCUT2D eigenvalue weighted by Crippen LogP contribution is 2.25. The number of thiophene rings is 1. The van der Waals surface area contributed by atoms with Gasteiger partial charge in [-0.05, 0) is 36.0 Å². The summed E-state index contributed by atoms with van der Waals surface area (Å²) in [6.07, 6.45) is 6.60. The number of aromatic amines is 1. The van der Waals surface area contributed by atoms with Crippen molar-refractivity contribution in [3.8, 4) is 10.6 Å². The molecule has 3 heterocycles. The second kappa shape index (κ2) is 6.45. The van der Waals surface area contributed by atoms with E-state index in [4.69, 9.17) is 0 Å². The summed E-state index contributed by atoms with van der Waals surface area (Å²) in [5.41, 5.74) is 3.58. The van der Waals surface area contributed by atoms with Gasteiger partial charge in [0.1, 0.15) is 0 Å². The fourth-order valence-electron chi connectivity index (χ4n) is 2.08. The van der Waals surface area contributed by atoms with Crippen LogP contribution in [0, 0.1) is 0 Å².